The summed E-state index contributed by atoms with van der Waals surface area (Å²) in [5.74, 6) is 0. The zero-order chi connectivity index (χ0) is 5.28. The molecule has 0 aliphatic carbocycles. The standard InChI is InChI=1S/C5H11NO/c1-4-5(7-2)3-6-4/h4-6H,3H2,1-2H3/t4?,5-/m0/s1. The van der Waals surface area contributed by atoms with E-state index in [9.17, 15) is 0 Å². The summed E-state index contributed by atoms with van der Waals surface area (Å²) in [5.41, 5.74) is 0. The van der Waals surface area contributed by atoms with Crippen molar-refractivity contribution in [2.45, 2.75) is 19.1 Å². The van der Waals surface area contributed by atoms with E-state index in [2.05, 4.69) is 12.2 Å². The van der Waals surface area contributed by atoms with Gasteiger partial charge in [-0.05, 0) is 6.92 Å². The van der Waals surface area contributed by atoms with Crippen LogP contribution in [0.1, 0.15) is 6.92 Å². The first-order chi connectivity index (χ1) is 3.34. The van der Waals surface area contributed by atoms with E-state index in [0.717, 1.165) is 6.54 Å². The lowest BCUT2D eigenvalue weighted by Gasteiger charge is -2.33. The molecule has 1 saturated heterocycles. The van der Waals surface area contributed by atoms with E-state index in [-0.39, 0.29) is 0 Å². The molecular formula is C5H11NO. The lowest BCUT2D eigenvalue weighted by molar-refractivity contribution is 0.0231. The Balaban J connectivity index is 2.16. The van der Waals surface area contributed by atoms with Crippen molar-refractivity contribution in [1.82, 2.24) is 5.32 Å². The number of hydrogen-bond acceptors (Lipinski definition) is 2. The summed E-state index contributed by atoms with van der Waals surface area (Å²) in [6.07, 6.45) is 0.472. The third kappa shape index (κ3) is 0.763. The van der Waals surface area contributed by atoms with Crippen molar-refractivity contribution in [2.75, 3.05) is 13.7 Å². The smallest absolute Gasteiger partial charge is 0.0845 e. The lowest BCUT2D eigenvalue weighted by Crippen LogP contribution is -2.56. The van der Waals surface area contributed by atoms with Crippen LogP contribution in [0.4, 0.5) is 0 Å². The van der Waals surface area contributed by atoms with E-state index in [0.29, 0.717) is 12.1 Å². The van der Waals surface area contributed by atoms with Gasteiger partial charge in [-0.2, -0.15) is 0 Å². The summed E-state index contributed by atoms with van der Waals surface area (Å²) in [7, 11) is 1.75. The summed E-state index contributed by atoms with van der Waals surface area (Å²) in [6.45, 7) is 3.15. The molecule has 1 N–H and O–H groups in total. The van der Waals surface area contributed by atoms with Gasteiger partial charge in [-0.25, -0.2) is 0 Å². The van der Waals surface area contributed by atoms with Gasteiger partial charge in [0, 0.05) is 19.7 Å². The quantitative estimate of drug-likeness (QED) is 0.501. The molecule has 2 heteroatoms. The molecule has 2 nitrogen and oxygen atoms in total. The molecule has 0 bridgehead atoms. The van der Waals surface area contributed by atoms with E-state index in [1.165, 1.54) is 0 Å². The summed E-state index contributed by atoms with van der Waals surface area (Å²) in [5, 5.41) is 3.18. The van der Waals surface area contributed by atoms with Crippen LogP contribution < -0.4 is 5.32 Å². The highest BCUT2D eigenvalue weighted by molar-refractivity contribution is 4.84. The fraction of sp³-hybridized carbons (Fsp3) is 1.00. The molecule has 0 aromatic rings. The van der Waals surface area contributed by atoms with Gasteiger partial charge in [0.05, 0.1) is 6.10 Å². The molecule has 1 aliphatic rings. The van der Waals surface area contributed by atoms with Crippen LogP contribution in [0, 0.1) is 0 Å². The summed E-state index contributed by atoms with van der Waals surface area (Å²) in [4.78, 5) is 0. The third-order valence-electron chi connectivity index (χ3n) is 1.50. The summed E-state index contributed by atoms with van der Waals surface area (Å²) < 4.78 is 5.04. The number of hydrogen-bond donors (Lipinski definition) is 1. The predicted molar refractivity (Wildman–Crippen MR) is 28.3 cm³/mol. The molecule has 0 saturated carbocycles. The normalized spacial score (nSPS) is 40.3. The minimum Gasteiger partial charge on any atom is -0.379 e. The molecule has 0 aromatic heterocycles. The van der Waals surface area contributed by atoms with Gasteiger partial charge in [-0.1, -0.05) is 0 Å². The largest absolute Gasteiger partial charge is 0.379 e. The molecule has 7 heavy (non-hydrogen) atoms. The minimum absolute atomic E-state index is 0.472. The molecule has 0 aromatic carbocycles. The average molecular weight is 101 g/mol. The fourth-order valence-corrected chi connectivity index (χ4v) is 0.737. The highest BCUT2D eigenvalue weighted by atomic mass is 16.5. The van der Waals surface area contributed by atoms with Gasteiger partial charge < -0.3 is 10.1 Å². The summed E-state index contributed by atoms with van der Waals surface area (Å²) in [6, 6.07) is 0.574. The van der Waals surface area contributed by atoms with Crippen LogP contribution in [-0.2, 0) is 4.74 Å². The van der Waals surface area contributed by atoms with Gasteiger partial charge >= 0.3 is 0 Å². The molecule has 1 fully saturated rings. The second-order valence-corrected chi connectivity index (χ2v) is 1.97. The van der Waals surface area contributed by atoms with Gasteiger partial charge in [-0.15, -0.1) is 0 Å². The number of rotatable bonds is 1. The molecule has 1 heterocycles. The Morgan fingerprint density at radius 1 is 1.71 bits per heavy atom. The van der Waals surface area contributed by atoms with Crippen LogP contribution in [-0.4, -0.2) is 25.8 Å². The maximum absolute atomic E-state index is 5.04. The van der Waals surface area contributed by atoms with Crippen LogP contribution in [0.3, 0.4) is 0 Å². The first-order valence-corrected chi connectivity index (χ1v) is 2.61. The van der Waals surface area contributed by atoms with Crippen molar-refractivity contribution >= 4 is 0 Å². The Bertz CT molecular complexity index is 63.1. The van der Waals surface area contributed by atoms with Gasteiger partial charge in [0.15, 0.2) is 0 Å². The molecule has 0 radical (unpaired) electrons. The molecule has 1 aliphatic heterocycles. The maximum atomic E-state index is 5.04. The first kappa shape index (κ1) is 5.06. The highest BCUT2D eigenvalue weighted by Gasteiger charge is 2.24. The zero-order valence-corrected chi connectivity index (χ0v) is 4.77. The van der Waals surface area contributed by atoms with Crippen molar-refractivity contribution in [3.05, 3.63) is 0 Å². The molecule has 42 valence electrons. The maximum Gasteiger partial charge on any atom is 0.0845 e. The van der Waals surface area contributed by atoms with E-state index < -0.39 is 0 Å². The summed E-state index contributed by atoms with van der Waals surface area (Å²) >= 11 is 0. The van der Waals surface area contributed by atoms with E-state index in [4.69, 9.17) is 4.74 Å². The van der Waals surface area contributed by atoms with Crippen molar-refractivity contribution < 1.29 is 4.74 Å². The fourth-order valence-electron chi connectivity index (χ4n) is 0.737. The minimum atomic E-state index is 0.472. The van der Waals surface area contributed by atoms with Crippen molar-refractivity contribution in [2.24, 2.45) is 0 Å². The van der Waals surface area contributed by atoms with Gasteiger partial charge in [0.2, 0.25) is 0 Å². The van der Waals surface area contributed by atoms with Crippen LogP contribution in [0.2, 0.25) is 0 Å². The number of ether oxygens (including phenoxy) is 1. The van der Waals surface area contributed by atoms with Crippen molar-refractivity contribution in [1.29, 1.82) is 0 Å². The Kier molecular flexibility index (Phi) is 1.30. The van der Waals surface area contributed by atoms with E-state index >= 15 is 0 Å². The third-order valence-corrected chi connectivity index (χ3v) is 1.50. The topological polar surface area (TPSA) is 21.3 Å². The van der Waals surface area contributed by atoms with Gasteiger partial charge in [0.1, 0.15) is 0 Å². The molecule has 1 rings (SSSR count). The highest BCUT2D eigenvalue weighted by Crippen LogP contribution is 2.04. The molecular weight excluding hydrogens is 90.1 g/mol. The Labute approximate surface area is 43.9 Å². The van der Waals surface area contributed by atoms with Gasteiger partial charge in [0.25, 0.3) is 0 Å². The molecule has 0 amide bonds. The Morgan fingerprint density at radius 3 is 2.43 bits per heavy atom. The number of nitrogens with one attached hydrogen (secondary N) is 1. The van der Waals surface area contributed by atoms with Crippen LogP contribution in [0.5, 0.6) is 0 Å². The average Bonchev–Trinajstić information content (AvgIpc) is 1.65. The SMILES string of the molecule is CO[C@H]1CNC1C. The molecule has 2 atom stereocenters. The lowest BCUT2D eigenvalue weighted by atomic mass is 10.1. The Hall–Kier alpha value is -0.0800. The van der Waals surface area contributed by atoms with Crippen LogP contribution in [0.25, 0.3) is 0 Å². The molecule has 0 spiro atoms. The van der Waals surface area contributed by atoms with Crippen molar-refractivity contribution in [3.63, 3.8) is 0 Å². The second-order valence-electron chi connectivity index (χ2n) is 1.97. The first-order valence-electron chi connectivity index (χ1n) is 2.61. The zero-order valence-electron chi connectivity index (χ0n) is 4.77. The van der Waals surface area contributed by atoms with Crippen LogP contribution >= 0.6 is 0 Å². The van der Waals surface area contributed by atoms with E-state index in [1.807, 2.05) is 0 Å². The van der Waals surface area contributed by atoms with Gasteiger partial charge in [-0.3, -0.25) is 0 Å². The predicted octanol–water partition coefficient (Wildman–Crippen LogP) is -0.00690. The van der Waals surface area contributed by atoms with Crippen LogP contribution in [0.15, 0.2) is 0 Å². The van der Waals surface area contributed by atoms with E-state index in [1.54, 1.807) is 7.11 Å². The Morgan fingerprint density at radius 2 is 2.43 bits per heavy atom. The number of methoxy groups -OCH3 is 1. The van der Waals surface area contributed by atoms with Crippen molar-refractivity contribution in [3.8, 4) is 0 Å². The monoisotopic (exact) mass is 101 g/mol. The second kappa shape index (κ2) is 1.80. The molecule has 1 unspecified atom stereocenters.